The summed E-state index contributed by atoms with van der Waals surface area (Å²) in [6.07, 6.45) is 3.46. The Balaban J connectivity index is 1.28. The van der Waals surface area contributed by atoms with Crippen LogP contribution in [0.3, 0.4) is 0 Å². The zero-order chi connectivity index (χ0) is 20.2. The molecule has 0 aromatic carbocycles. The van der Waals surface area contributed by atoms with Crippen LogP contribution in [-0.2, 0) is 22.6 Å². The molecule has 0 aliphatic carbocycles. The van der Waals surface area contributed by atoms with Gasteiger partial charge in [0.05, 0.1) is 17.6 Å². The van der Waals surface area contributed by atoms with Crippen LogP contribution in [0.25, 0.3) is 0 Å². The van der Waals surface area contributed by atoms with E-state index in [1.807, 2.05) is 36.0 Å². The highest BCUT2D eigenvalue weighted by Gasteiger charge is 2.24. The van der Waals surface area contributed by atoms with Crippen molar-refractivity contribution < 1.29 is 9.59 Å². The number of Topliss-reactive ketones (excluding diaryl/α,β-unsaturated/α-hetero) is 1. The molecule has 2 aromatic heterocycles. The van der Waals surface area contributed by atoms with Crippen LogP contribution in [0.1, 0.15) is 30.7 Å². The molecule has 0 bridgehead atoms. The third-order valence-electron chi connectivity index (χ3n) is 5.50. The first kappa shape index (κ1) is 19.6. The van der Waals surface area contributed by atoms with E-state index >= 15 is 0 Å². The molecule has 1 N–H and O–H groups in total. The Hall–Kier alpha value is -2.74. The smallest absolute Gasteiger partial charge is 0.228 e. The Morgan fingerprint density at radius 3 is 2.69 bits per heavy atom. The lowest BCUT2D eigenvalue weighted by Crippen LogP contribution is -2.43. The average Bonchev–Trinajstić information content (AvgIpc) is 3.13. The second-order valence-corrected chi connectivity index (χ2v) is 7.73. The van der Waals surface area contributed by atoms with Crippen molar-refractivity contribution in [2.24, 2.45) is 0 Å². The van der Waals surface area contributed by atoms with Crippen molar-refractivity contribution in [3.05, 3.63) is 35.8 Å². The van der Waals surface area contributed by atoms with Crippen LogP contribution < -0.4 is 15.1 Å². The Labute approximate surface area is 170 Å². The Bertz CT molecular complexity index is 870. The lowest BCUT2D eigenvalue weighted by atomic mass is 10.1. The van der Waals surface area contributed by atoms with E-state index in [0.29, 0.717) is 6.54 Å². The van der Waals surface area contributed by atoms with Crippen molar-refractivity contribution >= 4 is 23.2 Å². The summed E-state index contributed by atoms with van der Waals surface area (Å²) in [5, 5.41) is 7.75. The molecule has 2 aliphatic heterocycles. The summed E-state index contributed by atoms with van der Waals surface area (Å²) >= 11 is 0. The number of aromatic nitrogens is 3. The fraction of sp³-hybridized carbons (Fsp3) is 0.524. The number of pyridine rings is 1. The van der Waals surface area contributed by atoms with Crippen molar-refractivity contribution in [1.82, 2.24) is 20.1 Å². The van der Waals surface area contributed by atoms with Crippen molar-refractivity contribution in [2.45, 2.75) is 39.2 Å². The number of rotatable bonds is 6. The number of nitrogens with one attached hydrogen (secondary N) is 1. The second kappa shape index (κ2) is 8.73. The Morgan fingerprint density at radius 2 is 1.93 bits per heavy atom. The van der Waals surface area contributed by atoms with Crippen LogP contribution in [0.4, 0.5) is 11.5 Å². The molecule has 154 valence electrons. The molecule has 0 spiro atoms. The van der Waals surface area contributed by atoms with Gasteiger partial charge in [0.15, 0.2) is 0 Å². The van der Waals surface area contributed by atoms with Crippen molar-refractivity contribution in [2.75, 3.05) is 42.5 Å². The number of anilines is 2. The maximum absolute atomic E-state index is 12.7. The van der Waals surface area contributed by atoms with E-state index in [9.17, 15) is 9.59 Å². The summed E-state index contributed by atoms with van der Waals surface area (Å²) < 4.78 is 1.88. The highest BCUT2D eigenvalue weighted by molar-refractivity contribution is 5.95. The molecule has 0 atom stereocenters. The Kier molecular flexibility index (Phi) is 5.89. The summed E-state index contributed by atoms with van der Waals surface area (Å²) in [5.74, 6) is 0.875. The number of aryl methyl sites for hydroxylation is 2. The number of amides is 1. The number of piperazine rings is 1. The first-order valence-corrected chi connectivity index (χ1v) is 10.4. The van der Waals surface area contributed by atoms with Gasteiger partial charge in [0, 0.05) is 70.3 Å². The molecule has 2 aromatic rings. The number of carbonyl (C=O) groups is 2. The van der Waals surface area contributed by atoms with Gasteiger partial charge in [-0.1, -0.05) is 0 Å². The van der Waals surface area contributed by atoms with E-state index in [2.05, 4.69) is 20.3 Å². The monoisotopic (exact) mass is 396 g/mol. The molecule has 0 unspecified atom stereocenters. The topological polar surface area (TPSA) is 83.4 Å². The van der Waals surface area contributed by atoms with E-state index in [0.717, 1.165) is 62.0 Å². The maximum Gasteiger partial charge on any atom is 0.228 e. The standard InChI is InChI=1S/C21H28N6O2/c1-16-13-20-26(9-2-10-27(20)24-16)21(29)6-5-19(28)14-17-3-4-18(15-23-17)25-11-7-22-8-12-25/h3-4,13,15,22H,2,5-12,14H2,1H3. The zero-order valence-corrected chi connectivity index (χ0v) is 16.9. The number of ketones is 1. The van der Waals surface area contributed by atoms with Gasteiger partial charge < -0.3 is 10.2 Å². The molecule has 8 heteroatoms. The second-order valence-electron chi connectivity index (χ2n) is 7.73. The normalized spacial score (nSPS) is 16.6. The lowest BCUT2D eigenvalue weighted by Gasteiger charge is -2.29. The van der Waals surface area contributed by atoms with Gasteiger partial charge in [-0.2, -0.15) is 5.10 Å². The first-order chi connectivity index (χ1) is 14.1. The minimum absolute atomic E-state index is 0.0128. The number of carbonyl (C=O) groups excluding carboxylic acids is 2. The van der Waals surface area contributed by atoms with Crippen molar-refractivity contribution in [1.29, 1.82) is 0 Å². The summed E-state index contributed by atoms with van der Waals surface area (Å²) in [6.45, 7) is 7.35. The largest absolute Gasteiger partial charge is 0.368 e. The molecular formula is C21H28N6O2. The number of hydrogen-bond donors (Lipinski definition) is 1. The van der Waals surface area contributed by atoms with Crippen LogP contribution in [0.2, 0.25) is 0 Å². The average molecular weight is 396 g/mol. The van der Waals surface area contributed by atoms with Gasteiger partial charge in [0.25, 0.3) is 0 Å². The van der Waals surface area contributed by atoms with Gasteiger partial charge in [0.1, 0.15) is 11.6 Å². The first-order valence-electron chi connectivity index (χ1n) is 10.4. The maximum atomic E-state index is 12.7. The molecule has 4 heterocycles. The molecule has 1 fully saturated rings. The lowest BCUT2D eigenvalue weighted by molar-refractivity contribution is -0.123. The molecule has 4 rings (SSSR count). The van der Waals surface area contributed by atoms with Gasteiger partial charge in [-0.05, 0) is 25.5 Å². The predicted molar refractivity (Wildman–Crippen MR) is 111 cm³/mol. The quantitative estimate of drug-likeness (QED) is 0.793. The van der Waals surface area contributed by atoms with E-state index in [-0.39, 0.29) is 31.0 Å². The van der Waals surface area contributed by atoms with Crippen LogP contribution in [0.15, 0.2) is 24.4 Å². The third-order valence-corrected chi connectivity index (χ3v) is 5.50. The number of nitrogens with zero attached hydrogens (tertiary/aromatic N) is 5. The van der Waals surface area contributed by atoms with Crippen molar-refractivity contribution in [3.8, 4) is 0 Å². The van der Waals surface area contributed by atoms with Gasteiger partial charge in [-0.25, -0.2) is 4.68 Å². The highest BCUT2D eigenvalue weighted by Crippen LogP contribution is 2.22. The molecule has 0 saturated carbocycles. The summed E-state index contributed by atoms with van der Waals surface area (Å²) in [6, 6.07) is 5.88. The molecule has 29 heavy (non-hydrogen) atoms. The fourth-order valence-corrected chi connectivity index (χ4v) is 3.96. The SMILES string of the molecule is Cc1cc2n(n1)CCCN2C(=O)CCC(=O)Cc1ccc(N2CCNCC2)cn1. The number of hydrogen-bond acceptors (Lipinski definition) is 6. The predicted octanol–water partition coefficient (Wildman–Crippen LogP) is 1.32. The fourth-order valence-electron chi connectivity index (χ4n) is 3.96. The van der Waals surface area contributed by atoms with Crippen LogP contribution in [-0.4, -0.2) is 59.2 Å². The summed E-state index contributed by atoms with van der Waals surface area (Å²) in [5.41, 5.74) is 2.76. The molecule has 0 radical (unpaired) electrons. The minimum atomic E-state index is -0.0128. The van der Waals surface area contributed by atoms with E-state index < -0.39 is 0 Å². The highest BCUT2D eigenvalue weighted by atomic mass is 16.2. The molecule has 1 amide bonds. The van der Waals surface area contributed by atoms with Crippen LogP contribution >= 0.6 is 0 Å². The van der Waals surface area contributed by atoms with Crippen LogP contribution in [0, 0.1) is 6.92 Å². The number of fused-ring (bicyclic) bond motifs is 1. The molecular weight excluding hydrogens is 368 g/mol. The zero-order valence-electron chi connectivity index (χ0n) is 16.9. The van der Waals surface area contributed by atoms with E-state index in [4.69, 9.17) is 0 Å². The molecule has 2 aliphatic rings. The van der Waals surface area contributed by atoms with Crippen LogP contribution in [0.5, 0.6) is 0 Å². The Morgan fingerprint density at radius 1 is 1.10 bits per heavy atom. The van der Waals surface area contributed by atoms with Crippen molar-refractivity contribution in [3.63, 3.8) is 0 Å². The van der Waals surface area contributed by atoms with Gasteiger partial charge in [0.2, 0.25) is 5.91 Å². The summed E-state index contributed by atoms with van der Waals surface area (Å²) in [7, 11) is 0. The van der Waals surface area contributed by atoms with E-state index in [1.165, 1.54) is 0 Å². The molecule has 1 saturated heterocycles. The summed E-state index contributed by atoms with van der Waals surface area (Å²) in [4.78, 5) is 33.5. The van der Waals surface area contributed by atoms with Gasteiger partial charge in [-0.15, -0.1) is 0 Å². The van der Waals surface area contributed by atoms with Gasteiger partial charge >= 0.3 is 0 Å². The minimum Gasteiger partial charge on any atom is -0.368 e. The third kappa shape index (κ3) is 4.64. The van der Waals surface area contributed by atoms with Gasteiger partial charge in [-0.3, -0.25) is 19.5 Å². The molecule has 8 nitrogen and oxygen atoms in total. The van der Waals surface area contributed by atoms with E-state index in [1.54, 1.807) is 4.90 Å².